The average Bonchev–Trinajstić information content (AvgIpc) is 3.16. The summed E-state index contributed by atoms with van der Waals surface area (Å²) in [5.41, 5.74) is 2.54. The molecule has 28 heavy (non-hydrogen) atoms. The molecule has 4 heterocycles. The summed E-state index contributed by atoms with van der Waals surface area (Å²) < 4.78 is 34.6. The van der Waals surface area contributed by atoms with Gasteiger partial charge in [-0.1, -0.05) is 42.5 Å². The van der Waals surface area contributed by atoms with Gasteiger partial charge >= 0.3 is 7.82 Å². The predicted octanol–water partition coefficient (Wildman–Crippen LogP) is 4.35. The zero-order valence-corrected chi connectivity index (χ0v) is 16.7. The maximum absolute atomic E-state index is 12.0. The van der Waals surface area contributed by atoms with Gasteiger partial charge in [-0.05, 0) is 49.4 Å². The van der Waals surface area contributed by atoms with Crippen molar-refractivity contribution in [3.05, 3.63) is 65.7 Å². The van der Waals surface area contributed by atoms with Crippen molar-refractivity contribution < 1.29 is 22.9 Å². The van der Waals surface area contributed by atoms with E-state index in [0.29, 0.717) is 6.61 Å². The van der Waals surface area contributed by atoms with Gasteiger partial charge in [-0.15, -0.1) is 0 Å². The summed E-state index contributed by atoms with van der Waals surface area (Å²) in [6, 6.07) is 18.7. The third-order valence-electron chi connectivity index (χ3n) is 5.61. The predicted molar refractivity (Wildman–Crippen MR) is 104 cm³/mol. The molecule has 0 radical (unpaired) electrons. The molecular weight excluding hydrogens is 377 g/mol. The molecule has 4 aliphatic heterocycles. The van der Waals surface area contributed by atoms with Crippen molar-refractivity contribution >= 4 is 7.82 Å². The van der Waals surface area contributed by atoms with Crippen molar-refractivity contribution in [2.75, 3.05) is 13.2 Å². The summed E-state index contributed by atoms with van der Waals surface area (Å²) in [7, 11) is -3.29. The van der Waals surface area contributed by atoms with Crippen molar-refractivity contribution in [2.45, 2.75) is 44.2 Å². The maximum atomic E-state index is 12.0. The van der Waals surface area contributed by atoms with Crippen LogP contribution in [0.25, 0.3) is 0 Å². The zero-order valence-electron chi connectivity index (χ0n) is 15.8. The zero-order chi connectivity index (χ0) is 19.2. The van der Waals surface area contributed by atoms with Crippen molar-refractivity contribution in [1.82, 2.24) is 4.90 Å². The van der Waals surface area contributed by atoms with Crippen molar-refractivity contribution in [2.24, 2.45) is 0 Å². The first-order chi connectivity index (χ1) is 13.6. The Morgan fingerprint density at radius 2 is 1.86 bits per heavy atom. The number of ether oxygens (including phenoxy) is 1. The molecule has 6 rings (SSSR count). The third-order valence-corrected chi connectivity index (χ3v) is 7.09. The lowest BCUT2D eigenvalue weighted by molar-refractivity contribution is -0.300. The Balaban J connectivity index is 1.19. The lowest BCUT2D eigenvalue weighted by Gasteiger charge is -2.49. The van der Waals surface area contributed by atoms with Crippen LogP contribution in [-0.4, -0.2) is 36.1 Å². The van der Waals surface area contributed by atoms with E-state index in [1.807, 2.05) is 18.2 Å². The smallest absolute Gasteiger partial charge is 0.482 e. The number of hydrogen-bond donors (Lipinski definition) is 0. The molecule has 0 aliphatic carbocycles. The van der Waals surface area contributed by atoms with E-state index in [1.165, 1.54) is 11.1 Å². The van der Waals surface area contributed by atoms with E-state index < -0.39 is 13.7 Å². The second kappa shape index (κ2) is 6.97. The molecule has 2 aromatic carbocycles. The number of phosphoric acid groups is 1. The first-order valence-electron chi connectivity index (χ1n) is 9.79. The van der Waals surface area contributed by atoms with Crippen LogP contribution in [0.1, 0.15) is 30.9 Å². The minimum Gasteiger partial charge on any atom is -0.492 e. The molecule has 0 amide bonds. The van der Waals surface area contributed by atoms with E-state index >= 15 is 0 Å². The molecule has 4 aliphatic rings. The van der Waals surface area contributed by atoms with Gasteiger partial charge in [-0.2, -0.15) is 0 Å². The van der Waals surface area contributed by atoms with Crippen LogP contribution in [0.4, 0.5) is 0 Å². The minimum absolute atomic E-state index is 0.0437. The molecule has 7 heteroatoms. The summed E-state index contributed by atoms with van der Waals surface area (Å²) in [5, 5.41) is 0. The van der Waals surface area contributed by atoms with Crippen LogP contribution in [-0.2, 0) is 24.6 Å². The van der Waals surface area contributed by atoms with Gasteiger partial charge in [-0.3, -0.25) is 4.52 Å². The Morgan fingerprint density at radius 1 is 1.14 bits per heavy atom. The van der Waals surface area contributed by atoms with E-state index in [1.54, 1.807) is 0 Å². The Bertz CT molecular complexity index is 877. The first kappa shape index (κ1) is 18.3. The molecule has 0 saturated carbocycles. The first-order valence-corrected chi connectivity index (χ1v) is 11.2. The largest absolute Gasteiger partial charge is 0.492 e. The number of piperidine rings is 1. The number of hydrogen-bond acceptors (Lipinski definition) is 6. The minimum atomic E-state index is -3.29. The maximum Gasteiger partial charge on any atom is 0.482 e. The van der Waals surface area contributed by atoms with Gasteiger partial charge in [0.25, 0.3) is 5.91 Å². The molecule has 2 aromatic rings. The van der Waals surface area contributed by atoms with E-state index in [-0.39, 0.29) is 12.1 Å². The Labute approximate surface area is 165 Å². The second-order valence-corrected chi connectivity index (χ2v) is 9.13. The molecule has 4 saturated heterocycles. The van der Waals surface area contributed by atoms with Gasteiger partial charge < -0.3 is 4.74 Å². The lowest BCUT2D eigenvalue weighted by atomic mass is 10.0. The molecule has 4 fully saturated rings. The van der Waals surface area contributed by atoms with Crippen LogP contribution < -0.4 is 4.74 Å². The van der Waals surface area contributed by atoms with E-state index in [9.17, 15) is 4.57 Å². The fourth-order valence-corrected chi connectivity index (χ4v) is 5.94. The fraction of sp³-hybridized carbons (Fsp3) is 0.429. The number of likely N-dealkylation sites (tertiary alicyclic amines) is 1. The monoisotopic (exact) mass is 401 g/mol. The average molecular weight is 401 g/mol. The lowest BCUT2D eigenvalue weighted by Crippen LogP contribution is -2.64. The van der Waals surface area contributed by atoms with Gasteiger partial charge in [0.05, 0.1) is 0 Å². The molecule has 2 unspecified atom stereocenters. The van der Waals surface area contributed by atoms with Crippen LogP contribution in [0.2, 0.25) is 0 Å². The Morgan fingerprint density at radius 3 is 2.61 bits per heavy atom. The van der Waals surface area contributed by atoms with Crippen molar-refractivity contribution in [3.63, 3.8) is 0 Å². The van der Waals surface area contributed by atoms with Gasteiger partial charge in [0.15, 0.2) is 0 Å². The highest BCUT2D eigenvalue weighted by molar-refractivity contribution is 7.50. The molecule has 2 bridgehead atoms. The highest BCUT2D eigenvalue weighted by atomic mass is 31.2. The van der Waals surface area contributed by atoms with Crippen LogP contribution in [0.15, 0.2) is 54.6 Å². The third kappa shape index (κ3) is 3.19. The van der Waals surface area contributed by atoms with Crippen molar-refractivity contribution in [3.8, 4) is 5.75 Å². The summed E-state index contributed by atoms with van der Waals surface area (Å²) in [4.78, 5) is 2.08. The Kier molecular flexibility index (Phi) is 4.57. The van der Waals surface area contributed by atoms with E-state index in [2.05, 4.69) is 48.2 Å². The Hall–Kier alpha value is -1.69. The van der Waals surface area contributed by atoms with Gasteiger partial charge in [0.2, 0.25) is 0 Å². The molecular formula is C21H24NO5P. The highest BCUT2D eigenvalue weighted by Crippen LogP contribution is 2.76. The van der Waals surface area contributed by atoms with Crippen LogP contribution >= 0.6 is 7.82 Å². The fourth-order valence-electron chi connectivity index (χ4n) is 4.21. The van der Waals surface area contributed by atoms with Crippen LogP contribution in [0.5, 0.6) is 5.75 Å². The number of benzene rings is 2. The van der Waals surface area contributed by atoms with Gasteiger partial charge in [0, 0.05) is 12.6 Å². The molecule has 2 atom stereocenters. The van der Waals surface area contributed by atoms with Crippen LogP contribution in [0.3, 0.4) is 0 Å². The standard InChI is InChI=1S/C21H24NO5P/c1-16(22-13-5-8-20-21(22)26-28(23,25-20)27-21)15-24-19-11-9-18(10-12-19)14-17-6-3-2-4-7-17/h2-4,6-7,9-12,16,20H,5,8,13-15H2,1H3. The highest BCUT2D eigenvalue weighted by Gasteiger charge is 2.75. The number of rotatable bonds is 6. The second-order valence-electron chi connectivity index (χ2n) is 7.66. The molecule has 148 valence electrons. The van der Waals surface area contributed by atoms with Crippen LogP contribution in [0, 0.1) is 0 Å². The van der Waals surface area contributed by atoms with Crippen molar-refractivity contribution in [1.29, 1.82) is 0 Å². The SMILES string of the molecule is CC(COc1ccc(Cc2ccccc2)cc1)N1CCCC2OP3(=O)OC21O3. The van der Waals surface area contributed by atoms with E-state index in [0.717, 1.165) is 31.6 Å². The molecule has 1 spiro atoms. The normalized spacial score (nSPS) is 32.4. The molecule has 0 N–H and O–H groups in total. The molecule has 0 aromatic heterocycles. The summed E-state index contributed by atoms with van der Waals surface area (Å²) in [5.74, 6) is -0.144. The quantitative estimate of drug-likeness (QED) is 0.671. The summed E-state index contributed by atoms with van der Waals surface area (Å²) in [6.45, 7) is 3.36. The van der Waals surface area contributed by atoms with Gasteiger partial charge in [0.1, 0.15) is 18.5 Å². The number of nitrogens with zero attached hydrogens (tertiary/aromatic N) is 1. The topological polar surface area (TPSA) is 57.2 Å². The summed E-state index contributed by atoms with van der Waals surface area (Å²) in [6.07, 6.45) is 2.39. The van der Waals surface area contributed by atoms with E-state index in [4.69, 9.17) is 18.3 Å². The number of phosphoric ester groups is 1. The summed E-state index contributed by atoms with van der Waals surface area (Å²) >= 11 is 0. The van der Waals surface area contributed by atoms with Gasteiger partial charge in [-0.25, -0.2) is 18.5 Å². The molecule has 6 nitrogen and oxygen atoms in total.